The summed E-state index contributed by atoms with van der Waals surface area (Å²) in [7, 11) is 1.51. The zero-order valence-corrected chi connectivity index (χ0v) is 22.0. The van der Waals surface area contributed by atoms with Crippen molar-refractivity contribution in [3.05, 3.63) is 96.3 Å². The van der Waals surface area contributed by atoms with Gasteiger partial charge in [0, 0.05) is 16.6 Å². The van der Waals surface area contributed by atoms with Crippen LogP contribution in [0.3, 0.4) is 0 Å². The van der Waals surface area contributed by atoms with Crippen LogP contribution in [0, 0.1) is 10.1 Å². The van der Waals surface area contributed by atoms with Crippen LogP contribution in [0.4, 0.5) is 11.4 Å². The number of nitrogens with zero attached hydrogens (tertiary/aromatic N) is 2. The Labute approximate surface area is 223 Å². The first-order chi connectivity index (χ1) is 16.8. The van der Waals surface area contributed by atoms with Crippen molar-refractivity contribution in [2.75, 3.05) is 12.0 Å². The lowest BCUT2D eigenvalue weighted by atomic mass is 10.1. The van der Waals surface area contributed by atoms with Gasteiger partial charge in [0.2, 0.25) is 0 Å². The summed E-state index contributed by atoms with van der Waals surface area (Å²) in [5.74, 6) is 0.677. The van der Waals surface area contributed by atoms with Gasteiger partial charge in [-0.05, 0) is 63.5 Å². The minimum Gasteiger partial charge on any atom is -0.493 e. The molecule has 3 aromatic rings. The van der Waals surface area contributed by atoms with Crippen molar-refractivity contribution in [1.82, 2.24) is 0 Å². The van der Waals surface area contributed by atoms with E-state index in [4.69, 9.17) is 33.3 Å². The van der Waals surface area contributed by atoms with E-state index in [0.29, 0.717) is 37.0 Å². The van der Waals surface area contributed by atoms with Gasteiger partial charge in [0.25, 0.3) is 11.6 Å². The Hall–Kier alpha value is -2.92. The van der Waals surface area contributed by atoms with Crippen molar-refractivity contribution >= 4 is 79.2 Å². The number of hydrogen-bond acceptors (Lipinski definition) is 7. The predicted molar refractivity (Wildman–Crippen MR) is 145 cm³/mol. The molecule has 0 atom stereocenters. The molecule has 4 rings (SSSR count). The van der Waals surface area contributed by atoms with E-state index < -0.39 is 4.92 Å². The number of carbonyl (C=O) groups excluding carboxylic acids is 1. The Balaban J connectivity index is 1.52. The standard InChI is InChI=1S/C24H16BrClN2O5S2/c1-32-21-10-14(5-8-20(21)33-13-15-3-2-4-17(9-15)28(30)31)11-22-23(29)27(24(34)35-22)16-6-7-18(25)19(26)12-16/h2-12H,13H2,1H3/b22-11+. The normalized spacial score (nSPS) is 14.5. The number of nitro groups is 1. The average Bonchev–Trinajstić information content (AvgIpc) is 3.12. The van der Waals surface area contributed by atoms with Crippen LogP contribution in [0.15, 0.2) is 70.0 Å². The van der Waals surface area contributed by atoms with Gasteiger partial charge in [-0.2, -0.15) is 0 Å². The van der Waals surface area contributed by atoms with E-state index in [2.05, 4.69) is 15.9 Å². The molecular formula is C24H16BrClN2O5S2. The number of thioether (sulfide) groups is 1. The van der Waals surface area contributed by atoms with Gasteiger partial charge in [0.1, 0.15) is 6.61 Å². The number of rotatable bonds is 7. The number of carbonyl (C=O) groups is 1. The Morgan fingerprint density at radius 1 is 1.17 bits per heavy atom. The molecule has 35 heavy (non-hydrogen) atoms. The van der Waals surface area contributed by atoms with Crippen LogP contribution in [0.1, 0.15) is 11.1 Å². The maximum absolute atomic E-state index is 13.1. The van der Waals surface area contributed by atoms with Crippen molar-refractivity contribution in [1.29, 1.82) is 0 Å². The molecule has 7 nitrogen and oxygen atoms in total. The van der Waals surface area contributed by atoms with Gasteiger partial charge in [-0.1, -0.05) is 53.8 Å². The highest BCUT2D eigenvalue weighted by Crippen LogP contribution is 2.39. The SMILES string of the molecule is COc1cc(/C=C2/SC(=S)N(c3ccc(Br)c(Cl)c3)C2=O)ccc1OCc1cccc([N+](=O)[O-])c1. The van der Waals surface area contributed by atoms with Crippen LogP contribution in [0.25, 0.3) is 6.08 Å². The third-order valence-corrected chi connectivity index (χ3v) is 7.49. The number of non-ortho nitro benzene ring substituents is 1. The largest absolute Gasteiger partial charge is 0.493 e. The van der Waals surface area contributed by atoms with E-state index in [1.165, 1.54) is 35.9 Å². The Bertz CT molecular complexity index is 1380. The van der Waals surface area contributed by atoms with Gasteiger partial charge in [0.05, 0.1) is 27.6 Å². The summed E-state index contributed by atoms with van der Waals surface area (Å²) < 4.78 is 12.4. The lowest BCUT2D eigenvalue weighted by Crippen LogP contribution is -2.27. The molecule has 0 unspecified atom stereocenters. The topological polar surface area (TPSA) is 81.9 Å². The van der Waals surface area contributed by atoms with Gasteiger partial charge in [-0.3, -0.25) is 19.8 Å². The summed E-state index contributed by atoms with van der Waals surface area (Å²) in [6, 6.07) is 16.7. The summed E-state index contributed by atoms with van der Waals surface area (Å²) in [4.78, 5) is 25.5. The number of thiocarbonyl (C=S) groups is 1. The van der Waals surface area contributed by atoms with Crippen LogP contribution in [0.2, 0.25) is 5.02 Å². The Kier molecular flexibility index (Phi) is 7.75. The molecule has 1 aliphatic heterocycles. The molecule has 1 amide bonds. The second kappa shape index (κ2) is 10.8. The average molecular weight is 592 g/mol. The molecule has 0 N–H and O–H groups in total. The first kappa shape index (κ1) is 25.2. The second-order valence-corrected chi connectivity index (χ2v) is 10.2. The summed E-state index contributed by atoms with van der Waals surface area (Å²) >= 11 is 16.2. The zero-order valence-electron chi connectivity index (χ0n) is 18.1. The van der Waals surface area contributed by atoms with E-state index in [-0.39, 0.29) is 18.2 Å². The molecule has 1 fully saturated rings. The number of hydrogen-bond donors (Lipinski definition) is 0. The van der Waals surface area contributed by atoms with Crippen molar-refractivity contribution in [3.63, 3.8) is 0 Å². The summed E-state index contributed by atoms with van der Waals surface area (Å²) in [6.45, 7) is 0.131. The van der Waals surface area contributed by atoms with Gasteiger partial charge in [-0.25, -0.2) is 0 Å². The molecule has 1 saturated heterocycles. The number of methoxy groups -OCH3 is 1. The maximum Gasteiger partial charge on any atom is 0.270 e. The van der Waals surface area contributed by atoms with Crippen LogP contribution < -0.4 is 14.4 Å². The summed E-state index contributed by atoms with van der Waals surface area (Å²) in [6.07, 6.45) is 1.73. The lowest BCUT2D eigenvalue weighted by Gasteiger charge is -2.15. The van der Waals surface area contributed by atoms with Crippen LogP contribution in [0.5, 0.6) is 11.5 Å². The lowest BCUT2D eigenvalue weighted by molar-refractivity contribution is -0.384. The van der Waals surface area contributed by atoms with Gasteiger partial charge in [-0.15, -0.1) is 0 Å². The third-order valence-electron chi connectivity index (χ3n) is 4.96. The number of anilines is 1. The van der Waals surface area contributed by atoms with Crippen LogP contribution >= 0.6 is 51.5 Å². The fourth-order valence-electron chi connectivity index (χ4n) is 3.28. The quantitative estimate of drug-likeness (QED) is 0.127. The maximum atomic E-state index is 13.1. The van der Waals surface area contributed by atoms with Gasteiger partial charge < -0.3 is 9.47 Å². The van der Waals surface area contributed by atoms with E-state index in [0.717, 1.165) is 10.0 Å². The number of nitro benzene ring substituents is 1. The Morgan fingerprint density at radius 3 is 2.69 bits per heavy atom. The van der Waals surface area contributed by atoms with E-state index >= 15 is 0 Å². The molecule has 1 aliphatic rings. The minimum atomic E-state index is -0.452. The third kappa shape index (κ3) is 5.67. The predicted octanol–water partition coefficient (Wildman–Crippen LogP) is 7.00. The highest BCUT2D eigenvalue weighted by molar-refractivity contribution is 9.10. The van der Waals surface area contributed by atoms with E-state index in [1.54, 1.807) is 54.6 Å². The molecule has 0 spiro atoms. The number of ether oxygens (including phenoxy) is 2. The molecule has 0 bridgehead atoms. The van der Waals surface area contributed by atoms with Crippen molar-refractivity contribution in [3.8, 4) is 11.5 Å². The molecule has 0 radical (unpaired) electrons. The van der Waals surface area contributed by atoms with Crippen molar-refractivity contribution in [2.45, 2.75) is 6.61 Å². The molecule has 1 heterocycles. The van der Waals surface area contributed by atoms with Crippen molar-refractivity contribution < 1.29 is 19.2 Å². The number of halogens is 2. The van der Waals surface area contributed by atoms with E-state index in [9.17, 15) is 14.9 Å². The molecule has 3 aromatic carbocycles. The fourth-order valence-corrected chi connectivity index (χ4v) is 5.00. The van der Waals surface area contributed by atoms with E-state index in [1.807, 2.05) is 0 Å². The monoisotopic (exact) mass is 590 g/mol. The number of benzene rings is 3. The number of amides is 1. The molecule has 0 saturated carbocycles. The summed E-state index contributed by atoms with van der Waals surface area (Å²) in [5, 5.41) is 11.5. The fraction of sp³-hybridized carbons (Fsp3) is 0.0833. The first-order valence-electron chi connectivity index (χ1n) is 10.0. The second-order valence-electron chi connectivity index (χ2n) is 7.24. The smallest absolute Gasteiger partial charge is 0.270 e. The minimum absolute atomic E-state index is 0.00358. The summed E-state index contributed by atoms with van der Waals surface area (Å²) in [5.41, 5.74) is 1.96. The molecule has 178 valence electrons. The molecule has 11 heteroatoms. The molecular weight excluding hydrogens is 576 g/mol. The first-order valence-corrected chi connectivity index (χ1v) is 12.4. The van der Waals surface area contributed by atoms with Gasteiger partial charge in [0.15, 0.2) is 15.8 Å². The van der Waals surface area contributed by atoms with Crippen LogP contribution in [-0.2, 0) is 11.4 Å². The van der Waals surface area contributed by atoms with Crippen molar-refractivity contribution in [2.24, 2.45) is 0 Å². The Morgan fingerprint density at radius 2 is 1.97 bits per heavy atom. The van der Waals surface area contributed by atoms with Crippen LogP contribution in [-0.4, -0.2) is 22.3 Å². The highest BCUT2D eigenvalue weighted by atomic mass is 79.9. The zero-order chi connectivity index (χ0) is 25.1. The van der Waals surface area contributed by atoms with Gasteiger partial charge >= 0.3 is 0 Å². The molecule has 0 aromatic heterocycles. The molecule has 0 aliphatic carbocycles. The highest BCUT2D eigenvalue weighted by Gasteiger charge is 2.33.